The number of aromatic nitrogens is 3. The van der Waals surface area contributed by atoms with Crippen molar-refractivity contribution in [3.63, 3.8) is 0 Å². The van der Waals surface area contributed by atoms with Crippen LogP contribution in [0, 0.1) is 0 Å². The normalized spacial score (nSPS) is 14.9. The van der Waals surface area contributed by atoms with Gasteiger partial charge >= 0.3 is 13.3 Å². The first kappa shape index (κ1) is 17.6. The quantitative estimate of drug-likeness (QED) is 0.563. The SMILES string of the molecule is CCOP(=O)(O)C(F)(F)c1sc2ccc(-c3cnn[nH]3)cc2c1Br. The first-order valence-corrected chi connectivity index (χ1v) is 9.91. The lowest BCUT2D eigenvalue weighted by atomic mass is 10.1. The van der Waals surface area contributed by atoms with Gasteiger partial charge in [-0.1, -0.05) is 11.3 Å². The minimum Gasteiger partial charge on any atom is -0.320 e. The van der Waals surface area contributed by atoms with Crippen LogP contribution in [0.3, 0.4) is 0 Å². The number of halogens is 3. The van der Waals surface area contributed by atoms with Crippen molar-refractivity contribution in [3.8, 4) is 11.3 Å². The lowest BCUT2D eigenvalue weighted by molar-refractivity contribution is 0.0495. The minimum absolute atomic E-state index is 0.0656. The summed E-state index contributed by atoms with van der Waals surface area (Å²) in [4.78, 5) is 9.05. The zero-order chi connectivity index (χ0) is 17.5. The first-order chi connectivity index (χ1) is 11.3. The molecule has 0 aliphatic rings. The van der Waals surface area contributed by atoms with Crippen LogP contribution in [0.4, 0.5) is 8.78 Å². The fourth-order valence-electron chi connectivity index (χ4n) is 2.15. The van der Waals surface area contributed by atoms with Crippen LogP contribution >= 0.6 is 34.9 Å². The smallest absolute Gasteiger partial charge is 0.320 e. The van der Waals surface area contributed by atoms with Gasteiger partial charge in [-0.05, 0) is 35.0 Å². The number of hydrogen-bond donors (Lipinski definition) is 2. The van der Waals surface area contributed by atoms with Gasteiger partial charge in [-0.3, -0.25) is 9.66 Å². The van der Waals surface area contributed by atoms with E-state index in [4.69, 9.17) is 0 Å². The van der Waals surface area contributed by atoms with Crippen LogP contribution in [0.5, 0.6) is 0 Å². The number of H-pyrrole nitrogens is 1. The van der Waals surface area contributed by atoms with Crippen molar-refractivity contribution in [2.24, 2.45) is 0 Å². The van der Waals surface area contributed by atoms with Gasteiger partial charge < -0.3 is 9.42 Å². The van der Waals surface area contributed by atoms with Crippen LogP contribution < -0.4 is 0 Å². The van der Waals surface area contributed by atoms with Gasteiger partial charge in [-0.2, -0.15) is 8.78 Å². The molecule has 1 unspecified atom stereocenters. The molecule has 0 bridgehead atoms. The summed E-state index contributed by atoms with van der Waals surface area (Å²) < 4.78 is 45.9. The highest BCUT2D eigenvalue weighted by Gasteiger charge is 2.55. The largest absolute Gasteiger partial charge is 0.402 e. The van der Waals surface area contributed by atoms with Crippen molar-refractivity contribution in [3.05, 3.63) is 33.7 Å². The van der Waals surface area contributed by atoms with E-state index in [1.165, 1.54) is 13.1 Å². The third kappa shape index (κ3) is 2.82. The molecule has 3 aromatic rings. The van der Waals surface area contributed by atoms with Crippen molar-refractivity contribution in [2.75, 3.05) is 6.61 Å². The predicted octanol–water partition coefficient (Wildman–Crippen LogP) is 4.72. The van der Waals surface area contributed by atoms with Gasteiger partial charge in [-0.15, -0.1) is 16.4 Å². The summed E-state index contributed by atoms with van der Waals surface area (Å²) in [5.74, 6) is 0. The van der Waals surface area contributed by atoms with E-state index >= 15 is 0 Å². The fourth-order valence-corrected chi connectivity index (χ4v) is 5.57. The number of nitrogens with zero attached hydrogens (tertiary/aromatic N) is 2. The number of alkyl halides is 2. The molecule has 0 fully saturated rings. The topological polar surface area (TPSA) is 88.1 Å². The number of aromatic amines is 1. The molecule has 128 valence electrons. The number of benzene rings is 1. The van der Waals surface area contributed by atoms with Gasteiger partial charge in [0.1, 0.15) is 4.88 Å². The average Bonchev–Trinajstić information content (AvgIpc) is 3.15. The number of fused-ring (bicyclic) bond motifs is 1. The molecule has 2 aromatic heterocycles. The molecule has 0 radical (unpaired) electrons. The summed E-state index contributed by atoms with van der Waals surface area (Å²) in [5, 5.41) is 10.5. The highest BCUT2D eigenvalue weighted by molar-refractivity contribution is 9.10. The maximum atomic E-state index is 14.5. The summed E-state index contributed by atoms with van der Waals surface area (Å²) in [6.45, 7) is 1.09. The molecule has 1 atom stereocenters. The number of thiophene rings is 1. The number of rotatable bonds is 5. The Kier molecular flexibility index (Phi) is 4.61. The lowest BCUT2D eigenvalue weighted by Gasteiger charge is -2.20. The van der Waals surface area contributed by atoms with Gasteiger partial charge in [0.25, 0.3) is 0 Å². The van der Waals surface area contributed by atoms with E-state index in [1.807, 2.05) is 0 Å². The molecule has 0 aliphatic heterocycles. The Labute approximate surface area is 147 Å². The molecule has 3 rings (SSSR count). The van der Waals surface area contributed by atoms with Crippen molar-refractivity contribution in [1.29, 1.82) is 0 Å². The molecule has 24 heavy (non-hydrogen) atoms. The van der Waals surface area contributed by atoms with E-state index in [9.17, 15) is 18.2 Å². The number of hydrogen-bond acceptors (Lipinski definition) is 5. The predicted molar refractivity (Wildman–Crippen MR) is 90.2 cm³/mol. The van der Waals surface area contributed by atoms with Crippen LogP contribution in [0.25, 0.3) is 21.3 Å². The molecule has 2 N–H and O–H groups in total. The molecule has 0 saturated carbocycles. The summed E-state index contributed by atoms with van der Waals surface area (Å²) >= 11 is 3.87. The third-order valence-electron chi connectivity index (χ3n) is 3.29. The summed E-state index contributed by atoms with van der Waals surface area (Å²) in [6, 6.07) is 5.06. The van der Waals surface area contributed by atoms with E-state index in [1.54, 1.807) is 18.2 Å². The van der Waals surface area contributed by atoms with Crippen LogP contribution in [0.1, 0.15) is 11.8 Å². The fraction of sp³-hybridized carbons (Fsp3) is 0.231. The summed E-state index contributed by atoms with van der Waals surface area (Å²) in [6.07, 6.45) is 1.51. The molecule has 11 heteroatoms. The lowest BCUT2D eigenvalue weighted by Crippen LogP contribution is -2.14. The van der Waals surface area contributed by atoms with E-state index in [-0.39, 0.29) is 11.1 Å². The van der Waals surface area contributed by atoms with Gasteiger partial charge in [0.05, 0.1) is 18.5 Å². The van der Waals surface area contributed by atoms with Crippen molar-refractivity contribution < 1.29 is 22.8 Å². The second-order valence-corrected chi connectivity index (χ2v) is 8.51. The Morgan fingerprint density at radius 1 is 1.50 bits per heavy atom. The summed E-state index contributed by atoms with van der Waals surface area (Å²) in [5.41, 5.74) is -2.68. The zero-order valence-electron chi connectivity index (χ0n) is 12.2. The average molecular weight is 438 g/mol. The molecule has 0 saturated heterocycles. The minimum atomic E-state index is -5.14. The zero-order valence-corrected chi connectivity index (χ0v) is 15.5. The molecule has 1 aromatic carbocycles. The van der Waals surface area contributed by atoms with Crippen molar-refractivity contribution >= 4 is 44.9 Å². The first-order valence-electron chi connectivity index (χ1n) is 6.72. The number of nitrogens with one attached hydrogen (secondary N) is 1. The van der Waals surface area contributed by atoms with Crippen molar-refractivity contribution in [1.82, 2.24) is 15.4 Å². The van der Waals surface area contributed by atoms with E-state index in [2.05, 4.69) is 35.9 Å². The maximum absolute atomic E-state index is 14.5. The van der Waals surface area contributed by atoms with E-state index in [0.717, 1.165) is 11.3 Å². The second kappa shape index (κ2) is 6.27. The van der Waals surface area contributed by atoms with Crippen LogP contribution in [-0.2, 0) is 14.8 Å². The van der Waals surface area contributed by atoms with Gasteiger partial charge in [0.2, 0.25) is 0 Å². The highest BCUT2D eigenvalue weighted by atomic mass is 79.9. The third-order valence-corrected chi connectivity index (χ3v) is 7.31. The monoisotopic (exact) mass is 437 g/mol. The summed E-state index contributed by atoms with van der Waals surface area (Å²) in [7, 11) is -5.14. The Morgan fingerprint density at radius 3 is 2.88 bits per heavy atom. The molecule has 0 amide bonds. The molecule has 0 aliphatic carbocycles. The Balaban J connectivity index is 2.14. The molecular weight excluding hydrogens is 427 g/mol. The van der Waals surface area contributed by atoms with Crippen LogP contribution in [0.2, 0.25) is 0 Å². The molecule has 0 spiro atoms. The Morgan fingerprint density at radius 2 is 2.25 bits per heavy atom. The van der Waals surface area contributed by atoms with Crippen LogP contribution in [-0.4, -0.2) is 26.9 Å². The van der Waals surface area contributed by atoms with E-state index in [0.29, 0.717) is 21.3 Å². The van der Waals surface area contributed by atoms with Crippen molar-refractivity contribution in [2.45, 2.75) is 12.6 Å². The molecule has 6 nitrogen and oxygen atoms in total. The maximum Gasteiger partial charge on any atom is 0.402 e. The van der Waals surface area contributed by atoms with Gasteiger partial charge in [0.15, 0.2) is 0 Å². The Hall–Kier alpha value is -1.19. The van der Waals surface area contributed by atoms with Gasteiger partial charge in [-0.25, -0.2) is 0 Å². The van der Waals surface area contributed by atoms with E-state index < -0.39 is 18.1 Å². The standard InChI is InChI=1S/C13H11BrF2N3O3PS/c1-2-22-23(20,21)13(15,16)12-11(14)8-5-7(3-4-10(8)24-12)9-6-17-19-18-9/h3-6H,2H2,1H3,(H,20,21)(H,17,18,19). The van der Waals surface area contributed by atoms with Gasteiger partial charge in [0, 0.05) is 20.1 Å². The molecule has 2 heterocycles. The Bertz CT molecular complexity index is 932. The van der Waals surface area contributed by atoms with Crippen LogP contribution in [0.15, 0.2) is 28.9 Å². The highest BCUT2D eigenvalue weighted by Crippen LogP contribution is 2.66. The molecular formula is C13H11BrF2N3O3PS. The second-order valence-electron chi connectivity index (χ2n) is 4.81.